The first kappa shape index (κ1) is 17.4. The summed E-state index contributed by atoms with van der Waals surface area (Å²) in [5, 5.41) is 3.42. The third-order valence-corrected chi connectivity index (χ3v) is 3.91. The molecule has 2 heterocycles. The summed E-state index contributed by atoms with van der Waals surface area (Å²) in [6.45, 7) is 0. The number of nitrogens with one attached hydrogen (secondary N) is 2. The Morgan fingerprint density at radius 1 is 1.00 bits per heavy atom. The van der Waals surface area contributed by atoms with Gasteiger partial charge in [0.15, 0.2) is 23.1 Å². The lowest BCUT2D eigenvalue weighted by Gasteiger charge is -2.11. The normalized spacial score (nSPS) is 10.5. The lowest BCUT2D eigenvalue weighted by atomic mass is 10.2. The number of anilines is 1. The van der Waals surface area contributed by atoms with Crippen molar-refractivity contribution in [2.24, 2.45) is 0 Å². The molecule has 0 unspecified atom stereocenters. The Morgan fingerprint density at radius 3 is 2.38 bits per heavy atom. The van der Waals surface area contributed by atoms with Gasteiger partial charge in [0.25, 0.3) is 5.91 Å². The van der Waals surface area contributed by atoms with Crippen LogP contribution in [0.25, 0.3) is 10.9 Å². The molecule has 8 nitrogen and oxygen atoms in total. The third kappa shape index (κ3) is 2.97. The van der Waals surface area contributed by atoms with Crippen molar-refractivity contribution >= 4 is 22.6 Å². The first-order valence-corrected chi connectivity index (χ1v) is 7.75. The molecule has 0 aliphatic rings. The van der Waals surface area contributed by atoms with Gasteiger partial charge in [-0.05, 0) is 18.2 Å². The Morgan fingerprint density at radius 2 is 1.73 bits per heavy atom. The molecule has 0 saturated heterocycles. The number of ether oxygens (including phenoxy) is 4. The van der Waals surface area contributed by atoms with Crippen LogP contribution >= 0.6 is 0 Å². The highest BCUT2D eigenvalue weighted by Crippen LogP contribution is 2.41. The number of amides is 1. The lowest BCUT2D eigenvalue weighted by Crippen LogP contribution is -2.14. The number of aromatic nitrogens is 2. The fourth-order valence-corrected chi connectivity index (χ4v) is 2.68. The number of nitrogens with zero attached hydrogens (tertiary/aromatic N) is 1. The molecule has 26 heavy (non-hydrogen) atoms. The number of benzene rings is 1. The number of hydrogen-bond acceptors (Lipinski definition) is 6. The van der Waals surface area contributed by atoms with Gasteiger partial charge in [0.05, 0.1) is 34.0 Å². The molecule has 3 aromatic rings. The Bertz CT molecular complexity index is 951. The number of fused-ring (bicyclic) bond motifs is 1. The molecule has 0 aliphatic heterocycles. The van der Waals surface area contributed by atoms with Crippen LogP contribution in [0.1, 0.15) is 10.5 Å². The quantitative estimate of drug-likeness (QED) is 0.704. The zero-order chi connectivity index (χ0) is 18.7. The summed E-state index contributed by atoms with van der Waals surface area (Å²) in [4.78, 5) is 19.8. The van der Waals surface area contributed by atoms with Crippen molar-refractivity contribution in [3.05, 3.63) is 36.2 Å². The van der Waals surface area contributed by atoms with Crippen LogP contribution < -0.4 is 24.3 Å². The first-order valence-electron chi connectivity index (χ1n) is 7.75. The highest BCUT2D eigenvalue weighted by Gasteiger charge is 2.20. The predicted molar refractivity (Wildman–Crippen MR) is 96.7 cm³/mol. The number of hydrogen-bond donors (Lipinski definition) is 2. The van der Waals surface area contributed by atoms with Gasteiger partial charge in [-0.25, -0.2) is 4.98 Å². The number of pyridine rings is 1. The van der Waals surface area contributed by atoms with Crippen LogP contribution in [-0.4, -0.2) is 44.3 Å². The number of H-pyrrole nitrogens is 1. The number of rotatable bonds is 6. The Balaban J connectivity index is 2.04. The highest BCUT2D eigenvalue weighted by atomic mass is 16.5. The minimum atomic E-state index is -0.374. The van der Waals surface area contributed by atoms with E-state index in [4.69, 9.17) is 18.9 Å². The van der Waals surface area contributed by atoms with E-state index in [0.29, 0.717) is 45.4 Å². The zero-order valence-electron chi connectivity index (χ0n) is 14.9. The number of aromatic amines is 1. The molecule has 0 fully saturated rings. The average Bonchev–Trinajstić information content (AvgIpc) is 3.12. The molecule has 2 aromatic heterocycles. The van der Waals surface area contributed by atoms with Crippen molar-refractivity contribution in [2.45, 2.75) is 0 Å². The summed E-state index contributed by atoms with van der Waals surface area (Å²) in [6, 6.07) is 6.82. The van der Waals surface area contributed by atoms with Crippen LogP contribution in [0.2, 0.25) is 0 Å². The summed E-state index contributed by atoms with van der Waals surface area (Å²) in [5.74, 6) is 1.96. The number of carbonyl (C=O) groups is 1. The second kappa shape index (κ2) is 7.22. The highest BCUT2D eigenvalue weighted by molar-refractivity contribution is 6.08. The van der Waals surface area contributed by atoms with E-state index in [9.17, 15) is 4.79 Å². The first-order chi connectivity index (χ1) is 12.6. The monoisotopic (exact) mass is 357 g/mol. The number of carbonyl (C=O) groups excluding carboxylic acids is 1. The Labute approximate surface area is 150 Å². The maximum Gasteiger partial charge on any atom is 0.273 e. The van der Waals surface area contributed by atoms with Gasteiger partial charge in [0, 0.05) is 17.6 Å². The van der Waals surface area contributed by atoms with Crippen LogP contribution in [0.5, 0.6) is 23.0 Å². The van der Waals surface area contributed by atoms with Crippen molar-refractivity contribution in [3.63, 3.8) is 0 Å². The van der Waals surface area contributed by atoms with E-state index in [0.717, 1.165) is 0 Å². The molecule has 1 aromatic carbocycles. The van der Waals surface area contributed by atoms with Crippen molar-refractivity contribution in [3.8, 4) is 23.0 Å². The Hall–Kier alpha value is -3.42. The molecule has 1 amide bonds. The molecule has 8 heteroatoms. The SMILES string of the molecule is COc1cccnc1NC(=O)c1cc2c(OC)cc(OC)c(OC)c2[nH]1. The van der Waals surface area contributed by atoms with Crippen LogP contribution in [0.15, 0.2) is 30.5 Å². The number of methoxy groups -OCH3 is 4. The molecule has 136 valence electrons. The summed E-state index contributed by atoms with van der Waals surface area (Å²) >= 11 is 0. The van der Waals surface area contributed by atoms with Crippen LogP contribution in [0, 0.1) is 0 Å². The van der Waals surface area contributed by atoms with Gasteiger partial charge in [-0.2, -0.15) is 0 Å². The molecule has 0 atom stereocenters. The van der Waals surface area contributed by atoms with E-state index in [2.05, 4.69) is 15.3 Å². The van der Waals surface area contributed by atoms with E-state index in [1.165, 1.54) is 21.3 Å². The van der Waals surface area contributed by atoms with Crippen molar-refractivity contribution in [1.29, 1.82) is 0 Å². The molecule has 2 N–H and O–H groups in total. The average molecular weight is 357 g/mol. The van der Waals surface area contributed by atoms with Crippen LogP contribution in [0.3, 0.4) is 0 Å². The zero-order valence-corrected chi connectivity index (χ0v) is 14.9. The van der Waals surface area contributed by atoms with Gasteiger partial charge in [-0.1, -0.05) is 0 Å². The van der Waals surface area contributed by atoms with Gasteiger partial charge >= 0.3 is 0 Å². The van der Waals surface area contributed by atoms with E-state index in [1.54, 1.807) is 37.6 Å². The van der Waals surface area contributed by atoms with Crippen molar-refractivity contribution < 1.29 is 23.7 Å². The molecular formula is C18H19N3O5. The molecule has 0 bridgehead atoms. The topological polar surface area (TPSA) is 94.7 Å². The molecular weight excluding hydrogens is 338 g/mol. The van der Waals surface area contributed by atoms with Crippen molar-refractivity contribution in [2.75, 3.05) is 33.8 Å². The van der Waals surface area contributed by atoms with Crippen molar-refractivity contribution in [1.82, 2.24) is 9.97 Å². The van der Waals surface area contributed by atoms with E-state index in [1.807, 2.05) is 0 Å². The van der Waals surface area contributed by atoms with Gasteiger partial charge in [0.2, 0.25) is 0 Å². The molecule has 0 saturated carbocycles. The van der Waals surface area contributed by atoms with Gasteiger partial charge in [-0.15, -0.1) is 0 Å². The summed E-state index contributed by atoms with van der Waals surface area (Å²) < 4.78 is 21.3. The minimum absolute atomic E-state index is 0.317. The third-order valence-electron chi connectivity index (χ3n) is 3.91. The maximum atomic E-state index is 12.7. The standard InChI is InChI=1S/C18H19N3O5/c1-23-12-6-5-7-19-17(12)21-18(22)11-8-10-13(24-2)9-14(25-3)16(26-4)15(10)20-11/h5-9,20H,1-4H3,(H,19,21,22). The summed E-state index contributed by atoms with van der Waals surface area (Å²) in [5.41, 5.74) is 0.916. The molecule has 0 radical (unpaired) electrons. The minimum Gasteiger partial charge on any atom is -0.496 e. The van der Waals surface area contributed by atoms with E-state index >= 15 is 0 Å². The second-order valence-corrected chi connectivity index (χ2v) is 5.29. The smallest absolute Gasteiger partial charge is 0.273 e. The second-order valence-electron chi connectivity index (χ2n) is 5.29. The fourth-order valence-electron chi connectivity index (χ4n) is 2.68. The fraction of sp³-hybridized carbons (Fsp3) is 0.222. The van der Waals surface area contributed by atoms with Gasteiger partial charge in [-0.3, -0.25) is 4.79 Å². The van der Waals surface area contributed by atoms with Gasteiger partial charge in [0.1, 0.15) is 11.4 Å². The van der Waals surface area contributed by atoms with E-state index in [-0.39, 0.29) is 5.91 Å². The van der Waals surface area contributed by atoms with E-state index < -0.39 is 0 Å². The maximum absolute atomic E-state index is 12.7. The Kier molecular flexibility index (Phi) is 4.83. The summed E-state index contributed by atoms with van der Waals surface area (Å²) in [7, 11) is 6.12. The molecule has 0 spiro atoms. The lowest BCUT2D eigenvalue weighted by molar-refractivity contribution is 0.102. The molecule has 3 rings (SSSR count). The molecule has 0 aliphatic carbocycles. The van der Waals surface area contributed by atoms with Crippen LogP contribution in [0.4, 0.5) is 5.82 Å². The van der Waals surface area contributed by atoms with Gasteiger partial charge < -0.3 is 29.2 Å². The summed E-state index contributed by atoms with van der Waals surface area (Å²) in [6.07, 6.45) is 1.57. The van der Waals surface area contributed by atoms with Crippen LogP contribution in [-0.2, 0) is 0 Å². The predicted octanol–water partition coefficient (Wildman–Crippen LogP) is 2.85. The largest absolute Gasteiger partial charge is 0.496 e.